The number of amides is 2. The molecule has 0 spiro atoms. The Bertz CT molecular complexity index is 899. The molecular formula is C24H39F2N7O3. The number of hydrogen-bond donors (Lipinski definition) is 4. The van der Waals surface area contributed by atoms with E-state index >= 15 is 0 Å². The first-order valence-electron chi connectivity index (χ1n) is 11.6. The van der Waals surface area contributed by atoms with E-state index in [2.05, 4.69) is 36.9 Å². The minimum absolute atomic E-state index is 0.307. The molecular weight excluding hydrogens is 472 g/mol. The molecule has 1 saturated heterocycles. The summed E-state index contributed by atoms with van der Waals surface area (Å²) in [6.07, 6.45) is 5.02. The molecule has 2 amide bonds. The van der Waals surface area contributed by atoms with Gasteiger partial charge in [-0.15, -0.1) is 0 Å². The number of hydrazone groups is 1. The largest absolute Gasteiger partial charge is 0.387 e. The third-order valence-corrected chi connectivity index (χ3v) is 4.75. The highest BCUT2D eigenvalue weighted by atomic mass is 19.2. The van der Waals surface area contributed by atoms with Crippen molar-refractivity contribution in [2.24, 2.45) is 16.6 Å². The third-order valence-electron chi connectivity index (χ3n) is 4.75. The molecule has 0 radical (unpaired) electrons. The Morgan fingerprint density at radius 1 is 1.31 bits per heavy atom. The maximum Gasteiger partial charge on any atom is 0.309 e. The van der Waals surface area contributed by atoms with Crippen molar-refractivity contribution in [1.29, 1.82) is 0 Å². The Balaban J connectivity index is 0.000000573. The lowest BCUT2D eigenvalue weighted by atomic mass is 9.98. The van der Waals surface area contributed by atoms with Crippen molar-refractivity contribution in [2.75, 3.05) is 40.4 Å². The molecule has 0 aliphatic carbocycles. The predicted molar refractivity (Wildman–Crippen MR) is 136 cm³/mol. The van der Waals surface area contributed by atoms with E-state index in [0.29, 0.717) is 23.9 Å². The van der Waals surface area contributed by atoms with Gasteiger partial charge in [0.05, 0.1) is 18.9 Å². The first-order chi connectivity index (χ1) is 17.2. The van der Waals surface area contributed by atoms with Crippen LogP contribution in [0.15, 0.2) is 41.9 Å². The number of methoxy groups -OCH3 is 1. The molecule has 10 nitrogen and oxygen atoms in total. The predicted octanol–water partition coefficient (Wildman–Crippen LogP) is 2.23. The minimum Gasteiger partial charge on any atom is -0.387 e. The SMILES string of the molecule is CC.CN/N=C(/c1cnccn1)C(C)O.COCCN1CCC(c2ccc(F)c(F)c2)C1.NC(N)=O. The molecule has 2 aromatic rings. The van der Waals surface area contributed by atoms with Gasteiger partial charge in [-0.2, -0.15) is 5.10 Å². The highest BCUT2D eigenvalue weighted by molar-refractivity contribution is 6.01. The number of likely N-dealkylation sites (tertiary alicyclic amines) is 1. The second-order valence-corrected chi connectivity index (χ2v) is 7.34. The van der Waals surface area contributed by atoms with Gasteiger partial charge in [-0.25, -0.2) is 13.6 Å². The average Bonchev–Trinajstić information content (AvgIpc) is 3.33. The molecule has 1 aromatic carbocycles. The Morgan fingerprint density at radius 2 is 1.97 bits per heavy atom. The van der Waals surface area contributed by atoms with Crippen molar-refractivity contribution in [3.05, 3.63) is 59.7 Å². The standard InChI is InChI=1S/C13H17F2NO.C8H12N4O.C2H6.CH4N2O/c1-17-7-6-16-5-4-11(9-16)10-2-3-12(14)13(15)8-10;1-6(13)8(12-9-2)7-5-10-3-4-11-7;1-2;2-1(3)4/h2-3,8,11H,4-7,9H2,1H3;3-6,9,13H,1-2H3;1-2H3;(H4,2,3,4)/b;12-8+;;. The topological polar surface area (TPSA) is 152 Å². The molecule has 0 saturated carbocycles. The molecule has 2 heterocycles. The van der Waals surface area contributed by atoms with E-state index in [1.54, 1.807) is 45.7 Å². The number of nitrogens with two attached hydrogens (primary N) is 2. The number of halogens is 2. The van der Waals surface area contributed by atoms with Crippen LogP contribution in [0.4, 0.5) is 13.6 Å². The van der Waals surface area contributed by atoms with Crippen molar-refractivity contribution in [3.8, 4) is 0 Å². The molecule has 1 fully saturated rings. The number of benzene rings is 1. The number of hydrogen-bond acceptors (Lipinski definition) is 8. The van der Waals surface area contributed by atoms with Crippen LogP contribution < -0.4 is 16.9 Å². The lowest BCUT2D eigenvalue weighted by Crippen LogP contribution is -2.24. The van der Waals surface area contributed by atoms with E-state index in [0.717, 1.165) is 31.6 Å². The number of urea groups is 1. The third kappa shape index (κ3) is 13.0. The summed E-state index contributed by atoms with van der Waals surface area (Å²) in [4.78, 5) is 19.2. The number of carbonyl (C=O) groups excluding carboxylic acids is 1. The maximum atomic E-state index is 13.1. The van der Waals surface area contributed by atoms with Gasteiger partial charge in [-0.05, 0) is 43.5 Å². The molecule has 202 valence electrons. The molecule has 1 aliphatic rings. The van der Waals surface area contributed by atoms with Gasteiger partial charge >= 0.3 is 6.03 Å². The van der Waals surface area contributed by atoms with Crippen molar-refractivity contribution < 1.29 is 23.4 Å². The first-order valence-corrected chi connectivity index (χ1v) is 11.6. The fraction of sp³-hybridized carbons (Fsp3) is 0.500. The number of ether oxygens (including phenoxy) is 1. The summed E-state index contributed by atoms with van der Waals surface area (Å²) >= 11 is 0. The molecule has 6 N–H and O–H groups in total. The Labute approximate surface area is 211 Å². The van der Waals surface area contributed by atoms with Crippen LogP contribution in [0.2, 0.25) is 0 Å². The Hall–Kier alpha value is -3.22. The van der Waals surface area contributed by atoms with E-state index < -0.39 is 23.8 Å². The van der Waals surface area contributed by atoms with Gasteiger partial charge in [0.25, 0.3) is 0 Å². The highest BCUT2D eigenvalue weighted by Crippen LogP contribution is 2.27. The second-order valence-electron chi connectivity index (χ2n) is 7.34. The lowest BCUT2D eigenvalue weighted by molar-refractivity contribution is 0.160. The van der Waals surface area contributed by atoms with Crippen LogP contribution in [0.5, 0.6) is 0 Å². The van der Waals surface area contributed by atoms with E-state index in [9.17, 15) is 13.9 Å². The van der Waals surface area contributed by atoms with Crippen LogP contribution in [0.25, 0.3) is 0 Å². The molecule has 12 heteroatoms. The van der Waals surface area contributed by atoms with Gasteiger partial charge in [0.15, 0.2) is 11.6 Å². The summed E-state index contributed by atoms with van der Waals surface area (Å²) < 4.78 is 31.0. The number of aliphatic hydroxyl groups is 1. The van der Waals surface area contributed by atoms with Crippen LogP contribution >= 0.6 is 0 Å². The zero-order chi connectivity index (χ0) is 27.5. The van der Waals surface area contributed by atoms with Crippen LogP contribution in [0, 0.1) is 11.6 Å². The molecule has 3 rings (SSSR count). The number of primary amides is 2. The smallest absolute Gasteiger partial charge is 0.309 e. The summed E-state index contributed by atoms with van der Waals surface area (Å²) in [5.41, 5.74) is 13.1. The van der Waals surface area contributed by atoms with Crippen LogP contribution in [-0.2, 0) is 4.74 Å². The Kier molecular flexibility index (Phi) is 17.3. The van der Waals surface area contributed by atoms with E-state index in [1.807, 2.05) is 13.8 Å². The number of carbonyl (C=O) groups is 1. The lowest BCUT2D eigenvalue weighted by Gasteiger charge is -2.15. The highest BCUT2D eigenvalue weighted by Gasteiger charge is 2.24. The molecule has 0 bridgehead atoms. The number of aliphatic hydroxyl groups excluding tert-OH is 1. The fourth-order valence-electron chi connectivity index (χ4n) is 3.21. The van der Waals surface area contributed by atoms with Gasteiger partial charge < -0.3 is 31.6 Å². The zero-order valence-corrected chi connectivity index (χ0v) is 21.6. The normalized spacial score (nSPS) is 15.8. The number of aromatic nitrogens is 2. The van der Waals surface area contributed by atoms with Crippen LogP contribution in [0.3, 0.4) is 0 Å². The molecule has 2 atom stereocenters. The van der Waals surface area contributed by atoms with Gasteiger partial charge in [-0.3, -0.25) is 9.97 Å². The molecule has 1 aromatic heterocycles. The van der Waals surface area contributed by atoms with Gasteiger partial charge in [0.2, 0.25) is 0 Å². The van der Waals surface area contributed by atoms with Gasteiger partial charge in [0, 0.05) is 39.6 Å². The van der Waals surface area contributed by atoms with Crippen molar-refractivity contribution in [2.45, 2.75) is 39.2 Å². The van der Waals surface area contributed by atoms with Gasteiger partial charge in [-0.1, -0.05) is 19.9 Å². The van der Waals surface area contributed by atoms with E-state index in [4.69, 9.17) is 9.53 Å². The number of nitrogens with zero attached hydrogens (tertiary/aromatic N) is 4. The van der Waals surface area contributed by atoms with Crippen molar-refractivity contribution in [3.63, 3.8) is 0 Å². The number of nitrogens with one attached hydrogen (secondary N) is 1. The Morgan fingerprint density at radius 3 is 2.47 bits per heavy atom. The molecule has 1 aliphatic heterocycles. The average molecular weight is 512 g/mol. The summed E-state index contributed by atoms with van der Waals surface area (Å²) in [6, 6.07) is 3.38. The number of rotatable bonds is 7. The zero-order valence-electron chi connectivity index (χ0n) is 21.6. The van der Waals surface area contributed by atoms with Crippen molar-refractivity contribution >= 4 is 11.7 Å². The summed E-state index contributed by atoms with van der Waals surface area (Å²) in [5.74, 6) is -1.22. The maximum absolute atomic E-state index is 13.1. The van der Waals surface area contributed by atoms with Gasteiger partial charge in [0.1, 0.15) is 11.4 Å². The van der Waals surface area contributed by atoms with E-state index in [-0.39, 0.29) is 0 Å². The summed E-state index contributed by atoms with van der Waals surface area (Å²) in [5, 5.41) is 13.3. The van der Waals surface area contributed by atoms with Crippen LogP contribution in [-0.4, -0.2) is 78.2 Å². The molecule has 36 heavy (non-hydrogen) atoms. The molecule has 2 unspecified atom stereocenters. The minimum atomic E-state index is -0.833. The quantitative estimate of drug-likeness (QED) is 0.329. The summed E-state index contributed by atoms with van der Waals surface area (Å²) in [6.45, 7) is 9.13. The van der Waals surface area contributed by atoms with Crippen molar-refractivity contribution in [1.82, 2.24) is 20.3 Å². The summed E-state index contributed by atoms with van der Waals surface area (Å²) in [7, 11) is 3.35. The first kappa shape index (κ1) is 32.8. The fourth-order valence-corrected chi connectivity index (χ4v) is 3.21. The van der Waals surface area contributed by atoms with E-state index in [1.165, 1.54) is 12.1 Å². The monoisotopic (exact) mass is 511 g/mol. The van der Waals surface area contributed by atoms with Crippen LogP contribution in [0.1, 0.15) is 44.4 Å². The second kappa shape index (κ2) is 19.0.